The molecule has 0 aliphatic rings. The summed E-state index contributed by atoms with van der Waals surface area (Å²) in [5, 5.41) is 0.738. The summed E-state index contributed by atoms with van der Waals surface area (Å²) < 4.78 is 14.0. The number of methoxy groups -OCH3 is 1. The van der Waals surface area contributed by atoms with Crippen LogP contribution >= 0.6 is 11.6 Å². The van der Waals surface area contributed by atoms with Crippen LogP contribution in [-0.2, 0) is 20.1 Å². The van der Waals surface area contributed by atoms with Crippen LogP contribution in [0.15, 0.2) is 64.3 Å². The molecule has 1 unspecified atom stereocenters. The molecule has 0 saturated heterocycles. The van der Waals surface area contributed by atoms with E-state index in [2.05, 4.69) is 37.8 Å². The zero-order valence-electron chi connectivity index (χ0n) is 21.7. The molecule has 0 fully saturated rings. The van der Waals surface area contributed by atoms with Crippen LogP contribution in [0.3, 0.4) is 0 Å². The van der Waals surface area contributed by atoms with Crippen LogP contribution in [0.25, 0.3) is 0 Å². The molecule has 2 aromatic carbocycles. The number of nitrogens with zero attached hydrogens (tertiary/aromatic N) is 3. The van der Waals surface area contributed by atoms with E-state index in [1.807, 2.05) is 30.3 Å². The molecular formula is C28H36ClN3O4. The third kappa shape index (κ3) is 7.02. The van der Waals surface area contributed by atoms with Gasteiger partial charge in [0.05, 0.1) is 13.7 Å². The van der Waals surface area contributed by atoms with Crippen molar-refractivity contribution in [3.63, 3.8) is 0 Å². The van der Waals surface area contributed by atoms with Crippen molar-refractivity contribution in [3.8, 4) is 11.5 Å². The van der Waals surface area contributed by atoms with Crippen LogP contribution in [0.1, 0.15) is 44.4 Å². The summed E-state index contributed by atoms with van der Waals surface area (Å²) >= 11 is 6.12. The number of halogens is 1. The zero-order valence-corrected chi connectivity index (χ0v) is 22.5. The van der Waals surface area contributed by atoms with Gasteiger partial charge in [-0.05, 0) is 47.7 Å². The maximum absolute atomic E-state index is 12.2. The number of aromatic nitrogens is 2. The molecule has 3 rings (SSSR count). The molecule has 0 bridgehead atoms. The Hall–Kier alpha value is -3.03. The molecule has 0 aliphatic heterocycles. The SMILES string of the molecule is CCC(c1ccc(Cl)cc1)N(Cc1ccc(OCCn2c(=O)ccn(C)c2=O)c(OC)c1)CC(C)C. The lowest BCUT2D eigenvalue weighted by atomic mass is 10.00. The Bertz CT molecular complexity index is 1250. The lowest BCUT2D eigenvalue weighted by molar-refractivity contribution is 0.162. The van der Waals surface area contributed by atoms with E-state index in [0.717, 1.165) is 34.7 Å². The largest absolute Gasteiger partial charge is 0.493 e. The number of benzene rings is 2. The van der Waals surface area contributed by atoms with Crippen molar-refractivity contribution in [2.45, 2.75) is 46.3 Å². The van der Waals surface area contributed by atoms with Crippen molar-refractivity contribution < 1.29 is 9.47 Å². The molecule has 3 aromatic rings. The van der Waals surface area contributed by atoms with Crippen LogP contribution in [0.4, 0.5) is 0 Å². The Balaban J connectivity index is 1.76. The van der Waals surface area contributed by atoms with E-state index < -0.39 is 0 Å². The normalized spacial score (nSPS) is 12.2. The Morgan fingerprint density at radius 3 is 2.39 bits per heavy atom. The van der Waals surface area contributed by atoms with Crippen molar-refractivity contribution in [2.24, 2.45) is 13.0 Å². The fourth-order valence-electron chi connectivity index (χ4n) is 4.39. The summed E-state index contributed by atoms with van der Waals surface area (Å²) in [4.78, 5) is 26.7. The van der Waals surface area contributed by atoms with E-state index in [-0.39, 0.29) is 30.4 Å². The molecule has 0 radical (unpaired) electrons. The first kappa shape index (κ1) is 27.6. The number of ether oxygens (including phenoxy) is 2. The predicted octanol–water partition coefficient (Wildman–Crippen LogP) is 4.90. The fourth-order valence-corrected chi connectivity index (χ4v) is 4.52. The minimum Gasteiger partial charge on any atom is -0.493 e. The van der Waals surface area contributed by atoms with Crippen molar-refractivity contribution in [3.05, 3.63) is 91.7 Å². The highest BCUT2D eigenvalue weighted by atomic mass is 35.5. The van der Waals surface area contributed by atoms with Gasteiger partial charge in [0.15, 0.2) is 11.5 Å². The molecule has 0 N–H and O–H groups in total. The Morgan fingerprint density at radius 1 is 1.03 bits per heavy atom. The molecule has 0 saturated carbocycles. The third-order valence-corrected chi connectivity index (χ3v) is 6.36. The minimum atomic E-state index is -0.371. The molecule has 36 heavy (non-hydrogen) atoms. The van der Waals surface area contributed by atoms with Crippen LogP contribution in [0.2, 0.25) is 5.02 Å². The van der Waals surface area contributed by atoms with Gasteiger partial charge in [-0.1, -0.05) is 50.6 Å². The van der Waals surface area contributed by atoms with Crippen LogP contribution in [0.5, 0.6) is 11.5 Å². The molecule has 1 aromatic heterocycles. The fraction of sp³-hybridized carbons (Fsp3) is 0.429. The maximum Gasteiger partial charge on any atom is 0.330 e. The molecule has 7 nitrogen and oxygen atoms in total. The van der Waals surface area contributed by atoms with Gasteiger partial charge in [0.25, 0.3) is 5.56 Å². The van der Waals surface area contributed by atoms with Gasteiger partial charge in [0.1, 0.15) is 6.61 Å². The first-order valence-corrected chi connectivity index (χ1v) is 12.7. The summed E-state index contributed by atoms with van der Waals surface area (Å²) in [5.74, 6) is 1.69. The minimum absolute atomic E-state index is 0.151. The molecule has 0 amide bonds. The number of aryl methyl sites for hydroxylation is 1. The Kier molecular flexibility index (Phi) is 9.79. The van der Waals surface area contributed by atoms with E-state index in [4.69, 9.17) is 21.1 Å². The summed E-state index contributed by atoms with van der Waals surface area (Å²) in [6.45, 7) is 8.68. The quantitative estimate of drug-likeness (QED) is 0.345. The van der Waals surface area contributed by atoms with E-state index in [1.165, 1.54) is 22.4 Å². The molecule has 1 heterocycles. The molecule has 0 aliphatic carbocycles. The van der Waals surface area contributed by atoms with Crippen LogP contribution < -0.4 is 20.7 Å². The highest BCUT2D eigenvalue weighted by Crippen LogP contribution is 2.32. The molecular weight excluding hydrogens is 478 g/mol. The number of rotatable bonds is 12. The smallest absolute Gasteiger partial charge is 0.330 e. The lowest BCUT2D eigenvalue weighted by Gasteiger charge is -2.33. The number of hydrogen-bond donors (Lipinski definition) is 0. The second kappa shape index (κ2) is 12.8. The summed E-state index contributed by atoms with van der Waals surface area (Å²) in [7, 11) is 3.22. The molecule has 1 atom stereocenters. The van der Waals surface area contributed by atoms with E-state index in [9.17, 15) is 9.59 Å². The molecule has 194 valence electrons. The zero-order chi connectivity index (χ0) is 26.2. The molecule has 8 heteroatoms. The topological polar surface area (TPSA) is 65.7 Å². The van der Waals surface area contributed by atoms with Crippen molar-refractivity contribution in [1.82, 2.24) is 14.0 Å². The maximum atomic E-state index is 12.2. The van der Waals surface area contributed by atoms with Gasteiger partial charge in [-0.2, -0.15) is 0 Å². The Labute approximate surface area is 217 Å². The van der Waals surface area contributed by atoms with Gasteiger partial charge in [-0.25, -0.2) is 4.79 Å². The highest BCUT2D eigenvalue weighted by molar-refractivity contribution is 6.30. The van der Waals surface area contributed by atoms with Gasteiger partial charge in [-0.15, -0.1) is 0 Å². The summed E-state index contributed by atoms with van der Waals surface area (Å²) in [6, 6.07) is 15.6. The predicted molar refractivity (Wildman–Crippen MR) is 144 cm³/mol. The summed E-state index contributed by atoms with van der Waals surface area (Å²) in [6.07, 6.45) is 2.44. The average Bonchev–Trinajstić information content (AvgIpc) is 2.85. The third-order valence-electron chi connectivity index (χ3n) is 6.11. The van der Waals surface area contributed by atoms with Crippen molar-refractivity contribution >= 4 is 11.6 Å². The highest BCUT2D eigenvalue weighted by Gasteiger charge is 2.21. The van der Waals surface area contributed by atoms with Crippen molar-refractivity contribution in [2.75, 3.05) is 20.3 Å². The van der Waals surface area contributed by atoms with Gasteiger partial charge < -0.3 is 14.0 Å². The van der Waals surface area contributed by atoms with E-state index in [0.29, 0.717) is 17.4 Å². The Morgan fingerprint density at radius 2 is 1.75 bits per heavy atom. The lowest BCUT2D eigenvalue weighted by Crippen LogP contribution is -2.39. The first-order chi connectivity index (χ1) is 17.2. The average molecular weight is 514 g/mol. The monoisotopic (exact) mass is 513 g/mol. The van der Waals surface area contributed by atoms with Crippen LogP contribution in [0, 0.1) is 5.92 Å². The standard InChI is InChI=1S/C28H36ClN3O4/c1-6-24(22-8-10-23(29)11-9-22)31(18-20(2)3)19-21-7-12-25(26(17-21)35-5)36-16-15-32-27(33)13-14-30(4)28(32)34/h7-14,17,20,24H,6,15-16,18-19H2,1-5H3. The second-order valence-electron chi connectivity index (χ2n) is 9.33. The van der Waals surface area contributed by atoms with E-state index in [1.54, 1.807) is 14.2 Å². The summed E-state index contributed by atoms with van der Waals surface area (Å²) in [5.41, 5.74) is 1.64. The number of hydrogen-bond acceptors (Lipinski definition) is 5. The first-order valence-electron chi connectivity index (χ1n) is 12.3. The van der Waals surface area contributed by atoms with Gasteiger partial charge in [-0.3, -0.25) is 14.3 Å². The van der Waals surface area contributed by atoms with Gasteiger partial charge in [0, 0.05) is 43.5 Å². The van der Waals surface area contributed by atoms with Gasteiger partial charge in [0.2, 0.25) is 0 Å². The van der Waals surface area contributed by atoms with Crippen LogP contribution in [-0.4, -0.2) is 34.3 Å². The van der Waals surface area contributed by atoms with Gasteiger partial charge >= 0.3 is 5.69 Å². The van der Waals surface area contributed by atoms with Crippen molar-refractivity contribution in [1.29, 1.82) is 0 Å². The molecule has 0 spiro atoms. The second-order valence-corrected chi connectivity index (χ2v) is 9.77. The van der Waals surface area contributed by atoms with E-state index >= 15 is 0 Å².